The van der Waals surface area contributed by atoms with Crippen LogP contribution in [-0.2, 0) is 23.1 Å². The molecule has 19 heavy (non-hydrogen) atoms. The highest BCUT2D eigenvalue weighted by molar-refractivity contribution is 7.53. The van der Waals surface area contributed by atoms with E-state index in [0.29, 0.717) is 32.7 Å². The lowest BCUT2D eigenvalue weighted by atomic mass is 10.0. The minimum atomic E-state index is -2.99. The average molecular weight is 293 g/mol. The first-order valence-corrected chi connectivity index (χ1v) is 8.72. The minimum Gasteiger partial charge on any atom is -0.347 e. The fourth-order valence-electron chi connectivity index (χ4n) is 2.58. The van der Waals surface area contributed by atoms with E-state index in [9.17, 15) is 4.57 Å². The topological polar surface area (TPSA) is 57.2 Å². The molecule has 0 radical (unpaired) electrons. The molecule has 0 atom stereocenters. The molecule has 2 aliphatic heterocycles. The van der Waals surface area contributed by atoms with Gasteiger partial charge in [0.05, 0.1) is 26.4 Å². The highest BCUT2D eigenvalue weighted by Gasteiger charge is 2.41. The summed E-state index contributed by atoms with van der Waals surface area (Å²) in [4.78, 5) is 2.11. The summed E-state index contributed by atoms with van der Waals surface area (Å²) in [6, 6.07) is 0. The SMILES string of the molecule is CCOP(=O)(CN1CCC2(CC1)OCCO2)OCC. The van der Waals surface area contributed by atoms with Crippen molar-refractivity contribution in [3.63, 3.8) is 0 Å². The Hall–Kier alpha value is 0.0300. The van der Waals surface area contributed by atoms with Crippen LogP contribution in [0, 0.1) is 0 Å². The van der Waals surface area contributed by atoms with Gasteiger partial charge in [0, 0.05) is 25.9 Å². The van der Waals surface area contributed by atoms with Gasteiger partial charge in [0.25, 0.3) is 0 Å². The van der Waals surface area contributed by atoms with Gasteiger partial charge in [0.1, 0.15) is 6.29 Å². The van der Waals surface area contributed by atoms with Gasteiger partial charge in [0.15, 0.2) is 5.79 Å². The molecule has 0 bridgehead atoms. The van der Waals surface area contributed by atoms with Gasteiger partial charge in [-0.2, -0.15) is 0 Å². The van der Waals surface area contributed by atoms with Crippen LogP contribution < -0.4 is 0 Å². The van der Waals surface area contributed by atoms with Crippen LogP contribution in [0.5, 0.6) is 0 Å². The van der Waals surface area contributed by atoms with E-state index in [1.165, 1.54) is 0 Å². The summed E-state index contributed by atoms with van der Waals surface area (Å²) in [5, 5.41) is 0. The third kappa shape index (κ3) is 4.00. The molecule has 0 aromatic carbocycles. The van der Waals surface area contributed by atoms with Crippen LogP contribution in [0.15, 0.2) is 0 Å². The van der Waals surface area contributed by atoms with Crippen LogP contribution >= 0.6 is 7.60 Å². The lowest BCUT2D eigenvalue weighted by molar-refractivity contribution is -0.184. The molecule has 6 nitrogen and oxygen atoms in total. The highest BCUT2D eigenvalue weighted by Crippen LogP contribution is 2.49. The zero-order valence-corrected chi connectivity index (χ0v) is 12.7. The maximum Gasteiger partial charge on any atom is 0.344 e. The molecule has 7 heteroatoms. The predicted octanol–water partition coefficient (Wildman–Crippen LogP) is 2.05. The van der Waals surface area contributed by atoms with Gasteiger partial charge in [-0.25, -0.2) is 0 Å². The van der Waals surface area contributed by atoms with Crippen molar-refractivity contribution in [1.29, 1.82) is 0 Å². The Labute approximate surface area is 114 Å². The van der Waals surface area contributed by atoms with Crippen LogP contribution in [0.2, 0.25) is 0 Å². The van der Waals surface area contributed by atoms with Crippen molar-refractivity contribution in [3.05, 3.63) is 0 Å². The molecule has 2 saturated heterocycles. The van der Waals surface area contributed by atoms with Crippen molar-refractivity contribution in [2.24, 2.45) is 0 Å². The molecule has 0 aromatic rings. The Bertz CT molecular complexity index is 312. The largest absolute Gasteiger partial charge is 0.347 e. The second-order valence-corrected chi connectivity index (χ2v) is 6.83. The number of hydrogen-bond acceptors (Lipinski definition) is 6. The number of nitrogens with zero attached hydrogens (tertiary/aromatic N) is 1. The maximum absolute atomic E-state index is 12.4. The van der Waals surface area contributed by atoms with E-state index < -0.39 is 13.4 Å². The second kappa shape index (κ2) is 6.66. The van der Waals surface area contributed by atoms with Gasteiger partial charge in [-0.15, -0.1) is 0 Å². The predicted molar refractivity (Wildman–Crippen MR) is 71.2 cm³/mol. The molecule has 2 rings (SSSR count). The Morgan fingerprint density at radius 1 is 1.11 bits per heavy atom. The summed E-state index contributed by atoms with van der Waals surface area (Å²) < 4.78 is 34.4. The number of piperidine rings is 1. The summed E-state index contributed by atoms with van der Waals surface area (Å²) >= 11 is 0. The Morgan fingerprint density at radius 3 is 2.11 bits per heavy atom. The van der Waals surface area contributed by atoms with E-state index in [1.54, 1.807) is 0 Å². The Morgan fingerprint density at radius 2 is 1.63 bits per heavy atom. The summed E-state index contributed by atoms with van der Waals surface area (Å²) in [7, 11) is -2.99. The zero-order chi connectivity index (χ0) is 13.8. The van der Waals surface area contributed by atoms with Crippen molar-refractivity contribution in [3.8, 4) is 0 Å². The Kier molecular flexibility index (Phi) is 5.40. The van der Waals surface area contributed by atoms with E-state index >= 15 is 0 Å². The smallest absolute Gasteiger partial charge is 0.344 e. The van der Waals surface area contributed by atoms with Gasteiger partial charge < -0.3 is 18.5 Å². The monoisotopic (exact) mass is 293 g/mol. The van der Waals surface area contributed by atoms with Crippen molar-refractivity contribution < 1.29 is 23.1 Å². The third-order valence-electron chi connectivity index (χ3n) is 3.46. The summed E-state index contributed by atoms with van der Waals surface area (Å²) in [5.74, 6) is -0.391. The van der Waals surface area contributed by atoms with Gasteiger partial charge in [-0.3, -0.25) is 9.46 Å². The maximum atomic E-state index is 12.4. The van der Waals surface area contributed by atoms with Crippen LogP contribution in [0.1, 0.15) is 26.7 Å². The molecular formula is C12H24NO5P. The van der Waals surface area contributed by atoms with Gasteiger partial charge >= 0.3 is 7.60 Å². The molecular weight excluding hydrogens is 269 g/mol. The standard InChI is InChI=1S/C12H24NO5P/c1-3-17-19(14,18-4-2)11-13-7-5-12(6-8-13)15-9-10-16-12/h3-11H2,1-2H3. The highest BCUT2D eigenvalue weighted by atomic mass is 31.2. The van der Waals surface area contributed by atoms with Crippen molar-refractivity contribution in [1.82, 2.24) is 4.90 Å². The summed E-state index contributed by atoms with van der Waals surface area (Å²) in [6.45, 7) is 7.41. The van der Waals surface area contributed by atoms with Gasteiger partial charge in [-0.1, -0.05) is 0 Å². The fourth-order valence-corrected chi connectivity index (χ4v) is 4.38. The molecule has 2 heterocycles. The van der Waals surface area contributed by atoms with Crippen LogP contribution in [0.3, 0.4) is 0 Å². The molecule has 0 aliphatic carbocycles. The summed E-state index contributed by atoms with van der Waals surface area (Å²) in [5.41, 5.74) is 0. The summed E-state index contributed by atoms with van der Waals surface area (Å²) in [6.07, 6.45) is 1.97. The molecule has 0 unspecified atom stereocenters. The molecule has 0 saturated carbocycles. The molecule has 0 N–H and O–H groups in total. The molecule has 1 spiro atoms. The first-order chi connectivity index (χ1) is 9.11. The van der Waals surface area contributed by atoms with Gasteiger partial charge in [0.2, 0.25) is 0 Å². The Balaban J connectivity index is 1.85. The van der Waals surface area contributed by atoms with Gasteiger partial charge in [-0.05, 0) is 13.8 Å². The van der Waals surface area contributed by atoms with Crippen LogP contribution in [0.25, 0.3) is 0 Å². The lowest BCUT2D eigenvalue weighted by Gasteiger charge is -2.38. The van der Waals surface area contributed by atoms with Crippen LogP contribution in [-0.4, -0.2) is 56.5 Å². The van der Waals surface area contributed by atoms with E-state index in [-0.39, 0.29) is 0 Å². The van der Waals surface area contributed by atoms with E-state index in [0.717, 1.165) is 25.9 Å². The van der Waals surface area contributed by atoms with E-state index in [1.807, 2.05) is 13.8 Å². The third-order valence-corrected chi connectivity index (χ3v) is 5.51. The van der Waals surface area contributed by atoms with Crippen molar-refractivity contribution >= 4 is 7.60 Å². The second-order valence-electron chi connectivity index (χ2n) is 4.81. The molecule has 112 valence electrons. The average Bonchev–Trinajstić information content (AvgIpc) is 2.82. The molecule has 0 amide bonds. The van der Waals surface area contributed by atoms with E-state index in [2.05, 4.69) is 4.90 Å². The number of hydrogen-bond donors (Lipinski definition) is 0. The van der Waals surface area contributed by atoms with Crippen LogP contribution in [0.4, 0.5) is 0 Å². The molecule has 2 fully saturated rings. The quantitative estimate of drug-likeness (QED) is 0.699. The fraction of sp³-hybridized carbons (Fsp3) is 1.00. The normalized spacial score (nSPS) is 24.1. The minimum absolute atomic E-state index is 0.352. The zero-order valence-electron chi connectivity index (χ0n) is 11.8. The molecule has 2 aliphatic rings. The lowest BCUT2D eigenvalue weighted by Crippen LogP contribution is -2.45. The number of rotatable bonds is 6. The van der Waals surface area contributed by atoms with E-state index in [4.69, 9.17) is 18.5 Å². The van der Waals surface area contributed by atoms with Crippen molar-refractivity contribution in [2.45, 2.75) is 32.5 Å². The van der Waals surface area contributed by atoms with Crippen molar-refractivity contribution in [2.75, 3.05) is 45.8 Å². The first-order valence-electron chi connectivity index (χ1n) is 7.00. The molecule has 0 aromatic heterocycles. The number of likely N-dealkylation sites (tertiary alicyclic amines) is 1. The number of ether oxygens (including phenoxy) is 2. The first kappa shape index (κ1) is 15.4.